The number of pyridine rings is 1. The molecule has 4 rings (SSSR count). The third-order valence-corrected chi connectivity index (χ3v) is 4.83. The van der Waals surface area contributed by atoms with Gasteiger partial charge in [0.2, 0.25) is 11.7 Å². The molecule has 1 saturated heterocycles. The van der Waals surface area contributed by atoms with Gasteiger partial charge in [-0.15, -0.1) is 0 Å². The number of rotatable bonds is 4. The molecule has 3 aromatic rings. The molecule has 2 aromatic heterocycles. The molecular weight excluding hydrogens is 380 g/mol. The van der Waals surface area contributed by atoms with Crippen LogP contribution in [0.25, 0.3) is 11.4 Å². The second kappa shape index (κ2) is 7.94. The first-order valence-electron chi connectivity index (χ1n) is 9.33. The summed E-state index contributed by atoms with van der Waals surface area (Å²) >= 11 is 0. The lowest BCUT2D eigenvalue weighted by Gasteiger charge is -2.35. The number of hydrogen-bond acceptors (Lipinski definition) is 6. The van der Waals surface area contributed by atoms with Crippen LogP contribution in [0.1, 0.15) is 23.2 Å². The van der Waals surface area contributed by atoms with Gasteiger partial charge in [0.15, 0.2) is 11.6 Å². The number of amides is 1. The second-order valence-electron chi connectivity index (χ2n) is 6.68. The first kappa shape index (κ1) is 19.0. The number of carbonyl (C=O) groups is 1. The molecule has 3 heterocycles. The van der Waals surface area contributed by atoms with Crippen molar-refractivity contribution in [2.45, 2.75) is 13.3 Å². The van der Waals surface area contributed by atoms with E-state index in [-0.39, 0.29) is 11.5 Å². The maximum Gasteiger partial charge on any atom is 0.254 e. The molecule has 0 spiro atoms. The predicted molar refractivity (Wildman–Crippen MR) is 101 cm³/mol. The minimum Gasteiger partial charge on any atom is -0.353 e. The largest absolute Gasteiger partial charge is 0.353 e. The van der Waals surface area contributed by atoms with Crippen molar-refractivity contribution < 1.29 is 18.1 Å². The summed E-state index contributed by atoms with van der Waals surface area (Å²) in [6.07, 6.45) is 2.37. The number of aryl methyl sites for hydroxylation is 1. The van der Waals surface area contributed by atoms with Gasteiger partial charge in [0.05, 0.1) is 0 Å². The Bertz CT molecular complexity index is 1010. The molecule has 1 fully saturated rings. The van der Waals surface area contributed by atoms with E-state index in [9.17, 15) is 13.6 Å². The highest BCUT2D eigenvalue weighted by Crippen LogP contribution is 2.20. The fourth-order valence-electron chi connectivity index (χ4n) is 3.17. The number of benzene rings is 1. The van der Waals surface area contributed by atoms with Crippen molar-refractivity contribution in [3.8, 4) is 11.4 Å². The Morgan fingerprint density at radius 1 is 1.10 bits per heavy atom. The predicted octanol–water partition coefficient (Wildman–Crippen LogP) is 2.93. The molecule has 9 heteroatoms. The summed E-state index contributed by atoms with van der Waals surface area (Å²) in [4.78, 5) is 25.0. The smallest absolute Gasteiger partial charge is 0.254 e. The highest BCUT2D eigenvalue weighted by atomic mass is 19.2. The van der Waals surface area contributed by atoms with Gasteiger partial charge in [0.25, 0.3) is 5.91 Å². The lowest BCUT2D eigenvalue weighted by molar-refractivity contribution is 0.0746. The van der Waals surface area contributed by atoms with Crippen molar-refractivity contribution in [2.75, 3.05) is 31.1 Å². The van der Waals surface area contributed by atoms with E-state index in [4.69, 9.17) is 4.52 Å². The lowest BCUT2D eigenvalue weighted by Crippen LogP contribution is -2.49. The van der Waals surface area contributed by atoms with Crippen LogP contribution in [0, 0.1) is 11.6 Å². The van der Waals surface area contributed by atoms with Crippen molar-refractivity contribution in [2.24, 2.45) is 0 Å². The molecule has 1 aliphatic rings. The summed E-state index contributed by atoms with van der Waals surface area (Å²) in [5, 5.41) is 3.94. The van der Waals surface area contributed by atoms with Gasteiger partial charge in [-0.1, -0.05) is 12.1 Å². The van der Waals surface area contributed by atoms with Crippen molar-refractivity contribution in [3.05, 3.63) is 59.6 Å². The number of nitrogens with zero attached hydrogens (tertiary/aromatic N) is 5. The molecular formula is C20H19F2N5O2. The zero-order valence-electron chi connectivity index (χ0n) is 15.8. The molecule has 150 valence electrons. The maximum absolute atomic E-state index is 13.4. The topological polar surface area (TPSA) is 75.4 Å². The van der Waals surface area contributed by atoms with Crippen LogP contribution in [-0.2, 0) is 6.42 Å². The van der Waals surface area contributed by atoms with Gasteiger partial charge in [-0.25, -0.2) is 13.8 Å². The molecule has 0 radical (unpaired) electrons. The quantitative estimate of drug-likeness (QED) is 0.672. The van der Waals surface area contributed by atoms with Gasteiger partial charge in [-0.3, -0.25) is 4.79 Å². The van der Waals surface area contributed by atoms with Crippen LogP contribution in [-0.4, -0.2) is 52.1 Å². The van der Waals surface area contributed by atoms with Gasteiger partial charge in [-0.05, 0) is 30.3 Å². The minimum absolute atomic E-state index is 0.145. The van der Waals surface area contributed by atoms with Crippen molar-refractivity contribution in [1.82, 2.24) is 20.0 Å². The number of carbonyl (C=O) groups excluding carboxylic acids is 1. The zero-order chi connectivity index (χ0) is 20.4. The molecule has 0 N–H and O–H groups in total. The molecule has 0 unspecified atom stereocenters. The number of halogens is 2. The Kier molecular flexibility index (Phi) is 5.20. The van der Waals surface area contributed by atoms with Crippen molar-refractivity contribution in [3.63, 3.8) is 0 Å². The first-order chi connectivity index (χ1) is 14.0. The lowest BCUT2D eigenvalue weighted by atomic mass is 10.1. The summed E-state index contributed by atoms with van der Waals surface area (Å²) < 4.78 is 31.6. The van der Waals surface area contributed by atoms with Crippen LogP contribution >= 0.6 is 0 Å². The highest BCUT2D eigenvalue weighted by Gasteiger charge is 2.23. The van der Waals surface area contributed by atoms with E-state index >= 15 is 0 Å². The van der Waals surface area contributed by atoms with Gasteiger partial charge >= 0.3 is 0 Å². The third kappa shape index (κ3) is 3.94. The molecule has 0 bridgehead atoms. The summed E-state index contributed by atoms with van der Waals surface area (Å²) in [6.45, 7) is 4.04. The summed E-state index contributed by atoms with van der Waals surface area (Å²) in [5.74, 6) is -0.434. The normalized spacial score (nSPS) is 14.3. The number of piperazine rings is 1. The Hall–Kier alpha value is -3.36. The fraction of sp³-hybridized carbons (Fsp3) is 0.300. The average Bonchev–Trinajstić information content (AvgIpc) is 3.25. The third-order valence-electron chi connectivity index (χ3n) is 4.83. The minimum atomic E-state index is -1.02. The Balaban J connectivity index is 1.39. The Morgan fingerprint density at radius 2 is 1.90 bits per heavy atom. The Labute approximate surface area is 166 Å². The fourth-order valence-corrected chi connectivity index (χ4v) is 3.17. The highest BCUT2D eigenvalue weighted by molar-refractivity contribution is 5.94. The Morgan fingerprint density at radius 3 is 2.52 bits per heavy atom. The molecule has 1 aromatic carbocycles. The zero-order valence-corrected chi connectivity index (χ0v) is 15.8. The van der Waals surface area contributed by atoms with E-state index in [1.54, 1.807) is 11.1 Å². The second-order valence-corrected chi connectivity index (χ2v) is 6.68. The van der Waals surface area contributed by atoms with Crippen LogP contribution in [0.15, 0.2) is 41.1 Å². The van der Waals surface area contributed by atoms with E-state index in [1.165, 1.54) is 6.07 Å². The van der Waals surface area contributed by atoms with Crippen LogP contribution in [0.2, 0.25) is 0 Å². The van der Waals surface area contributed by atoms with E-state index in [0.29, 0.717) is 44.3 Å². The number of hydrogen-bond donors (Lipinski definition) is 0. The summed E-state index contributed by atoms with van der Waals surface area (Å²) in [7, 11) is 0. The van der Waals surface area contributed by atoms with Crippen molar-refractivity contribution >= 4 is 11.7 Å². The van der Waals surface area contributed by atoms with Gasteiger partial charge in [-0.2, -0.15) is 4.98 Å². The van der Waals surface area contributed by atoms with Crippen LogP contribution in [0.3, 0.4) is 0 Å². The number of aromatic nitrogens is 3. The molecule has 0 aliphatic carbocycles. The van der Waals surface area contributed by atoms with E-state index < -0.39 is 11.6 Å². The van der Waals surface area contributed by atoms with Gasteiger partial charge < -0.3 is 14.3 Å². The first-order valence-corrected chi connectivity index (χ1v) is 9.33. The van der Waals surface area contributed by atoms with Crippen LogP contribution < -0.4 is 4.90 Å². The molecule has 1 aliphatic heterocycles. The average molecular weight is 399 g/mol. The van der Waals surface area contributed by atoms with Crippen LogP contribution in [0.4, 0.5) is 14.6 Å². The monoisotopic (exact) mass is 399 g/mol. The summed E-state index contributed by atoms with van der Waals surface area (Å²) in [5.41, 5.74) is 0.913. The molecule has 29 heavy (non-hydrogen) atoms. The summed E-state index contributed by atoms with van der Waals surface area (Å²) in [6, 6.07) is 6.97. The SMILES string of the molecule is CCc1nc(-c2ccc(N3CCN(C(=O)c4ccc(F)c(F)c4)CC3)nc2)no1. The standard InChI is InChI=1S/C20H19F2N5O2/c1-2-18-24-19(25-29-18)14-4-6-17(23-12-14)26-7-9-27(10-8-26)20(28)13-3-5-15(21)16(22)11-13/h3-6,11-12H,2,7-10H2,1H3. The van der Waals surface area contributed by atoms with E-state index in [2.05, 4.69) is 20.0 Å². The molecule has 0 saturated carbocycles. The molecule has 1 amide bonds. The molecule has 0 atom stereocenters. The van der Waals surface area contributed by atoms with Gasteiger partial charge in [0, 0.05) is 49.9 Å². The number of anilines is 1. The van der Waals surface area contributed by atoms with Crippen molar-refractivity contribution in [1.29, 1.82) is 0 Å². The maximum atomic E-state index is 13.4. The van der Waals surface area contributed by atoms with E-state index in [1.807, 2.05) is 19.1 Å². The van der Waals surface area contributed by atoms with Crippen LogP contribution in [0.5, 0.6) is 0 Å². The van der Waals surface area contributed by atoms with E-state index in [0.717, 1.165) is 23.5 Å². The van der Waals surface area contributed by atoms with Gasteiger partial charge in [0.1, 0.15) is 5.82 Å². The molecule has 7 nitrogen and oxygen atoms in total.